The van der Waals surface area contributed by atoms with Gasteiger partial charge in [-0.2, -0.15) is 0 Å². The molecule has 0 radical (unpaired) electrons. The SMILES string of the molecule is CCc1cnc(C(F)F)nc1. The normalized spacial score (nSPS) is 10.5. The summed E-state index contributed by atoms with van der Waals surface area (Å²) in [5.74, 6) is -0.401. The number of hydrogen-bond donors (Lipinski definition) is 0. The third-order valence-corrected chi connectivity index (χ3v) is 1.33. The van der Waals surface area contributed by atoms with Crippen molar-refractivity contribution in [2.75, 3.05) is 0 Å². The van der Waals surface area contributed by atoms with Crippen molar-refractivity contribution < 1.29 is 8.78 Å². The van der Waals surface area contributed by atoms with Crippen molar-refractivity contribution in [1.82, 2.24) is 9.97 Å². The summed E-state index contributed by atoms with van der Waals surface area (Å²) in [6.07, 6.45) is 1.05. The highest BCUT2D eigenvalue weighted by atomic mass is 19.3. The van der Waals surface area contributed by atoms with E-state index in [4.69, 9.17) is 0 Å². The molecule has 0 aliphatic carbocycles. The number of aromatic nitrogens is 2. The van der Waals surface area contributed by atoms with Gasteiger partial charge >= 0.3 is 0 Å². The van der Waals surface area contributed by atoms with E-state index < -0.39 is 12.2 Å². The molecule has 0 aliphatic heterocycles. The molecule has 4 heteroatoms. The van der Waals surface area contributed by atoms with Crippen molar-refractivity contribution in [1.29, 1.82) is 0 Å². The van der Waals surface area contributed by atoms with Crippen molar-refractivity contribution in [3.63, 3.8) is 0 Å². The molecule has 1 aromatic rings. The highest BCUT2D eigenvalue weighted by Gasteiger charge is 2.08. The van der Waals surface area contributed by atoms with Gasteiger partial charge in [0.2, 0.25) is 0 Å². The largest absolute Gasteiger partial charge is 0.297 e. The van der Waals surface area contributed by atoms with Crippen LogP contribution in [0.2, 0.25) is 0 Å². The van der Waals surface area contributed by atoms with Crippen LogP contribution in [0.5, 0.6) is 0 Å². The van der Waals surface area contributed by atoms with E-state index in [-0.39, 0.29) is 0 Å². The van der Waals surface area contributed by atoms with E-state index in [0.29, 0.717) is 0 Å². The van der Waals surface area contributed by atoms with E-state index >= 15 is 0 Å². The van der Waals surface area contributed by atoms with Gasteiger partial charge in [-0.15, -0.1) is 0 Å². The van der Waals surface area contributed by atoms with E-state index in [1.54, 1.807) is 0 Å². The Hall–Kier alpha value is -1.06. The average Bonchev–Trinajstić information content (AvgIpc) is 2.05. The maximum Gasteiger partial charge on any atom is 0.297 e. The summed E-state index contributed by atoms with van der Waals surface area (Å²) in [7, 11) is 0. The van der Waals surface area contributed by atoms with Crippen LogP contribution in [0.15, 0.2) is 12.4 Å². The minimum Gasteiger partial charge on any atom is -0.236 e. The molecule has 1 rings (SSSR count). The summed E-state index contributed by atoms with van der Waals surface area (Å²) in [6.45, 7) is 1.92. The molecule has 0 saturated carbocycles. The fraction of sp³-hybridized carbons (Fsp3) is 0.429. The van der Waals surface area contributed by atoms with Crippen LogP contribution in [0.25, 0.3) is 0 Å². The molecule has 0 aliphatic rings. The first-order valence-corrected chi connectivity index (χ1v) is 3.33. The minimum atomic E-state index is -2.57. The van der Waals surface area contributed by atoms with Crippen molar-refractivity contribution in [2.24, 2.45) is 0 Å². The van der Waals surface area contributed by atoms with Crippen LogP contribution in [0.1, 0.15) is 24.7 Å². The van der Waals surface area contributed by atoms with E-state index in [1.807, 2.05) is 6.92 Å². The fourth-order valence-electron chi connectivity index (χ4n) is 0.660. The first kappa shape index (κ1) is 8.04. The third kappa shape index (κ3) is 1.93. The van der Waals surface area contributed by atoms with Gasteiger partial charge < -0.3 is 0 Å². The van der Waals surface area contributed by atoms with Gasteiger partial charge in [-0.1, -0.05) is 6.92 Å². The first-order chi connectivity index (χ1) is 5.24. The first-order valence-electron chi connectivity index (χ1n) is 3.33. The molecule has 0 unspecified atom stereocenters. The highest BCUT2D eigenvalue weighted by molar-refractivity contribution is 5.04. The van der Waals surface area contributed by atoms with Crippen LogP contribution < -0.4 is 0 Å². The van der Waals surface area contributed by atoms with Crippen molar-refractivity contribution in [2.45, 2.75) is 19.8 Å². The Labute approximate surface area is 63.3 Å². The van der Waals surface area contributed by atoms with Gasteiger partial charge in [0.1, 0.15) is 0 Å². The van der Waals surface area contributed by atoms with Crippen molar-refractivity contribution >= 4 is 0 Å². The number of aryl methyl sites for hydroxylation is 1. The number of halogens is 2. The lowest BCUT2D eigenvalue weighted by molar-refractivity contribution is 0.140. The molecular formula is C7H8F2N2. The second-order valence-electron chi connectivity index (χ2n) is 2.10. The van der Waals surface area contributed by atoms with Crippen molar-refractivity contribution in [3.8, 4) is 0 Å². The van der Waals surface area contributed by atoms with Gasteiger partial charge in [0, 0.05) is 12.4 Å². The quantitative estimate of drug-likeness (QED) is 0.657. The fourth-order valence-corrected chi connectivity index (χ4v) is 0.660. The topological polar surface area (TPSA) is 25.8 Å². The molecule has 0 spiro atoms. The summed E-state index contributed by atoms with van der Waals surface area (Å²) in [6, 6.07) is 0. The molecule has 0 bridgehead atoms. The predicted octanol–water partition coefficient (Wildman–Crippen LogP) is 1.98. The highest BCUT2D eigenvalue weighted by Crippen LogP contribution is 2.12. The lowest BCUT2D eigenvalue weighted by Crippen LogP contribution is -1.95. The second-order valence-corrected chi connectivity index (χ2v) is 2.10. The van der Waals surface area contributed by atoms with E-state index in [9.17, 15) is 8.78 Å². The van der Waals surface area contributed by atoms with Gasteiger partial charge in [0.15, 0.2) is 5.82 Å². The molecule has 1 heterocycles. The molecule has 11 heavy (non-hydrogen) atoms. The molecule has 0 atom stereocenters. The van der Waals surface area contributed by atoms with Crippen LogP contribution in [0, 0.1) is 0 Å². The van der Waals surface area contributed by atoms with Crippen molar-refractivity contribution in [3.05, 3.63) is 23.8 Å². The van der Waals surface area contributed by atoms with Crippen LogP contribution in [0.4, 0.5) is 8.78 Å². The Kier molecular flexibility index (Phi) is 2.46. The maximum absolute atomic E-state index is 11.9. The van der Waals surface area contributed by atoms with Gasteiger partial charge in [-0.3, -0.25) is 0 Å². The Morgan fingerprint density at radius 2 is 1.91 bits per heavy atom. The summed E-state index contributed by atoms with van der Waals surface area (Å²) < 4.78 is 23.8. The van der Waals surface area contributed by atoms with Gasteiger partial charge in [-0.05, 0) is 12.0 Å². The van der Waals surface area contributed by atoms with Crippen LogP contribution in [-0.2, 0) is 6.42 Å². The molecule has 0 amide bonds. The van der Waals surface area contributed by atoms with Crippen LogP contribution in [0.3, 0.4) is 0 Å². The Bertz CT molecular complexity index is 220. The molecule has 2 nitrogen and oxygen atoms in total. The molecule has 60 valence electrons. The second kappa shape index (κ2) is 3.37. The standard InChI is InChI=1S/C7H8F2N2/c1-2-5-3-10-7(6(8)9)11-4-5/h3-4,6H,2H2,1H3. The minimum absolute atomic E-state index is 0.401. The Morgan fingerprint density at radius 1 is 1.36 bits per heavy atom. The number of nitrogens with zero attached hydrogens (tertiary/aromatic N) is 2. The maximum atomic E-state index is 11.9. The summed E-state index contributed by atoms with van der Waals surface area (Å²) in [5.41, 5.74) is 0.870. The van der Waals surface area contributed by atoms with Gasteiger partial charge in [0.05, 0.1) is 0 Å². The molecular weight excluding hydrogens is 150 g/mol. The number of hydrogen-bond acceptors (Lipinski definition) is 2. The van der Waals surface area contributed by atoms with Crippen LogP contribution in [-0.4, -0.2) is 9.97 Å². The molecule has 0 N–H and O–H groups in total. The molecule has 0 saturated heterocycles. The predicted molar refractivity (Wildman–Crippen MR) is 36.4 cm³/mol. The summed E-state index contributed by atoms with van der Waals surface area (Å²) >= 11 is 0. The third-order valence-electron chi connectivity index (χ3n) is 1.33. The molecule has 0 aromatic carbocycles. The monoisotopic (exact) mass is 158 g/mol. The smallest absolute Gasteiger partial charge is 0.236 e. The zero-order valence-electron chi connectivity index (χ0n) is 6.09. The Morgan fingerprint density at radius 3 is 2.27 bits per heavy atom. The molecule has 1 aromatic heterocycles. The Balaban J connectivity index is 2.83. The average molecular weight is 158 g/mol. The van der Waals surface area contributed by atoms with Crippen LogP contribution >= 0.6 is 0 Å². The summed E-state index contributed by atoms with van der Waals surface area (Å²) in [5, 5.41) is 0. The summed E-state index contributed by atoms with van der Waals surface area (Å²) in [4.78, 5) is 6.98. The van der Waals surface area contributed by atoms with Gasteiger partial charge in [-0.25, -0.2) is 18.7 Å². The number of rotatable bonds is 2. The zero-order chi connectivity index (χ0) is 8.27. The van der Waals surface area contributed by atoms with Gasteiger partial charge in [0.25, 0.3) is 6.43 Å². The van der Waals surface area contributed by atoms with E-state index in [1.165, 1.54) is 12.4 Å². The van der Waals surface area contributed by atoms with E-state index in [2.05, 4.69) is 9.97 Å². The lowest BCUT2D eigenvalue weighted by atomic mass is 10.3. The lowest BCUT2D eigenvalue weighted by Gasteiger charge is -1.97. The number of alkyl halides is 2. The molecule has 0 fully saturated rings. The zero-order valence-corrected chi connectivity index (χ0v) is 6.09. The van der Waals surface area contributed by atoms with E-state index in [0.717, 1.165) is 12.0 Å².